The van der Waals surface area contributed by atoms with Gasteiger partial charge in [-0.25, -0.2) is 0 Å². The van der Waals surface area contributed by atoms with E-state index in [1.807, 2.05) is 38.1 Å². The molecule has 0 atom stereocenters. The Bertz CT molecular complexity index is 607. The van der Waals surface area contributed by atoms with Gasteiger partial charge in [0.2, 0.25) is 0 Å². The Morgan fingerprint density at radius 3 is 2.39 bits per heavy atom. The summed E-state index contributed by atoms with van der Waals surface area (Å²) >= 11 is 6.00. The average Bonchev–Trinajstić information content (AvgIpc) is 2.27. The summed E-state index contributed by atoms with van der Waals surface area (Å²) in [5, 5.41) is 12.8. The first-order chi connectivity index (χ1) is 8.60. The predicted octanol–water partition coefficient (Wildman–Crippen LogP) is 4.57. The number of nitrogens with zero attached hydrogens (tertiary/aromatic N) is 1. The first kappa shape index (κ1) is 12.5. The summed E-state index contributed by atoms with van der Waals surface area (Å²) in [7, 11) is 0. The Labute approximate surface area is 112 Å². The van der Waals surface area contributed by atoms with Crippen molar-refractivity contribution in [3.05, 3.63) is 58.1 Å². The van der Waals surface area contributed by atoms with Crippen LogP contribution >= 0.6 is 11.6 Å². The molecule has 0 amide bonds. The molecule has 90 valence electrons. The van der Waals surface area contributed by atoms with Crippen LogP contribution in [0.25, 0.3) is 0 Å². The van der Waals surface area contributed by atoms with Gasteiger partial charge in [0.05, 0.1) is 16.3 Å². The van der Waals surface area contributed by atoms with Gasteiger partial charge in [0.15, 0.2) is 0 Å². The number of anilines is 2. The third-order valence-corrected chi connectivity index (χ3v) is 2.94. The maximum atomic E-state index is 9.11. The summed E-state index contributed by atoms with van der Waals surface area (Å²) in [6, 6.07) is 13.7. The van der Waals surface area contributed by atoms with Crippen molar-refractivity contribution >= 4 is 23.0 Å². The normalized spacial score (nSPS) is 9.89. The minimum absolute atomic E-state index is 0.465. The zero-order chi connectivity index (χ0) is 13.1. The van der Waals surface area contributed by atoms with E-state index in [9.17, 15) is 0 Å². The number of hydrogen-bond acceptors (Lipinski definition) is 2. The fourth-order valence-corrected chi connectivity index (χ4v) is 2.16. The lowest BCUT2D eigenvalue weighted by molar-refractivity contribution is 1.37. The SMILES string of the molecule is Cc1cc(C)cc(Nc2cccc(Cl)c2C#N)c1. The van der Waals surface area contributed by atoms with E-state index in [0.717, 1.165) is 11.4 Å². The van der Waals surface area contributed by atoms with Crippen LogP contribution in [0.4, 0.5) is 11.4 Å². The Morgan fingerprint density at radius 2 is 1.78 bits per heavy atom. The zero-order valence-electron chi connectivity index (χ0n) is 10.3. The lowest BCUT2D eigenvalue weighted by Crippen LogP contribution is -1.95. The maximum absolute atomic E-state index is 9.11. The van der Waals surface area contributed by atoms with Crippen molar-refractivity contribution in [3.8, 4) is 6.07 Å². The van der Waals surface area contributed by atoms with Crippen molar-refractivity contribution in [1.82, 2.24) is 0 Å². The Morgan fingerprint density at radius 1 is 1.11 bits per heavy atom. The molecule has 0 fully saturated rings. The van der Waals surface area contributed by atoms with Gasteiger partial charge in [-0.15, -0.1) is 0 Å². The van der Waals surface area contributed by atoms with Crippen LogP contribution in [0.1, 0.15) is 16.7 Å². The van der Waals surface area contributed by atoms with E-state index in [4.69, 9.17) is 16.9 Å². The Balaban J connectivity index is 2.40. The largest absolute Gasteiger partial charge is 0.354 e. The Hall–Kier alpha value is -1.98. The van der Waals surface area contributed by atoms with Crippen LogP contribution in [-0.4, -0.2) is 0 Å². The van der Waals surface area contributed by atoms with E-state index < -0.39 is 0 Å². The van der Waals surface area contributed by atoms with Crippen molar-refractivity contribution in [2.24, 2.45) is 0 Å². The monoisotopic (exact) mass is 256 g/mol. The second-order valence-electron chi connectivity index (χ2n) is 4.28. The van der Waals surface area contributed by atoms with Gasteiger partial charge in [-0.05, 0) is 49.2 Å². The highest BCUT2D eigenvalue weighted by Crippen LogP contribution is 2.27. The molecule has 0 aliphatic heterocycles. The van der Waals surface area contributed by atoms with E-state index in [1.54, 1.807) is 6.07 Å². The molecule has 1 N–H and O–H groups in total. The molecule has 0 bridgehead atoms. The maximum Gasteiger partial charge on any atom is 0.103 e. The molecule has 2 nitrogen and oxygen atoms in total. The van der Waals surface area contributed by atoms with Crippen molar-refractivity contribution < 1.29 is 0 Å². The number of hydrogen-bond donors (Lipinski definition) is 1. The Kier molecular flexibility index (Phi) is 3.55. The van der Waals surface area contributed by atoms with Gasteiger partial charge < -0.3 is 5.32 Å². The topological polar surface area (TPSA) is 35.8 Å². The number of nitrogens with one attached hydrogen (secondary N) is 1. The van der Waals surface area contributed by atoms with Crippen molar-refractivity contribution in [2.45, 2.75) is 13.8 Å². The summed E-state index contributed by atoms with van der Waals surface area (Å²) in [6.07, 6.45) is 0. The van der Waals surface area contributed by atoms with Crippen LogP contribution in [-0.2, 0) is 0 Å². The molecule has 0 radical (unpaired) electrons. The fraction of sp³-hybridized carbons (Fsp3) is 0.133. The standard InChI is InChI=1S/C15H13ClN2/c1-10-6-11(2)8-12(7-10)18-15-5-3-4-14(16)13(15)9-17/h3-8,18H,1-2H3. The molecule has 0 aromatic heterocycles. The smallest absolute Gasteiger partial charge is 0.103 e. The summed E-state index contributed by atoms with van der Waals surface area (Å²) in [4.78, 5) is 0. The molecule has 2 rings (SSSR count). The molecule has 0 saturated carbocycles. The first-order valence-corrected chi connectivity index (χ1v) is 6.02. The quantitative estimate of drug-likeness (QED) is 0.854. The van der Waals surface area contributed by atoms with E-state index in [-0.39, 0.29) is 0 Å². The summed E-state index contributed by atoms with van der Waals surface area (Å²) < 4.78 is 0. The molecule has 3 heteroatoms. The van der Waals surface area contributed by atoms with E-state index in [2.05, 4.69) is 17.5 Å². The minimum Gasteiger partial charge on any atom is -0.354 e. The highest BCUT2D eigenvalue weighted by Gasteiger charge is 2.06. The highest BCUT2D eigenvalue weighted by molar-refractivity contribution is 6.32. The number of halogens is 1. The molecule has 0 heterocycles. The average molecular weight is 257 g/mol. The molecular weight excluding hydrogens is 244 g/mol. The van der Waals surface area contributed by atoms with E-state index in [1.165, 1.54) is 11.1 Å². The molecule has 2 aromatic rings. The van der Waals surface area contributed by atoms with Crippen molar-refractivity contribution in [3.63, 3.8) is 0 Å². The van der Waals surface area contributed by atoms with Gasteiger partial charge in [-0.3, -0.25) is 0 Å². The van der Waals surface area contributed by atoms with Crippen LogP contribution in [0.2, 0.25) is 5.02 Å². The number of nitriles is 1. The summed E-state index contributed by atoms with van der Waals surface area (Å²) in [5.41, 5.74) is 4.52. The molecular formula is C15H13ClN2. The zero-order valence-corrected chi connectivity index (χ0v) is 11.0. The molecule has 0 unspecified atom stereocenters. The molecule has 0 aliphatic carbocycles. The number of rotatable bonds is 2. The fourth-order valence-electron chi connectivity index (χ4n) is 1.94. The summed E-state index contributed by atoms with van der Waals surface area (Å²) in [5.74, 6) is 0. The van der Waals surface area contributed by atoms with Gasteiger partial charge in [-0.2, -0.15) is 5.26 Å². The van der Waals surface area contributed by atoms with E-state index in [0.29, 0.717) is 10.6 Å². The van der Waals surface area contributed by atoms with Gasteiger partial charge in [0, 0.05) is 5.69 Å². The molecule has 0 aliphatic rings. The van der Waals surface area contributed by atoms with Crippen LogP contribution in [0.3, 0.4) is 0 Å². The van der Waals surface area contributed by atoms with Gasteiger partial charge in [-0.1, -0.05) is 23.7 Å². The van der Waals surface area contributed by atoms with E-state index >= 15 is 0 Å². The minimum atomic E-state index is 0.465. The lowest BCUT2D eigenvalue weighted by atomic mass is 10.1. The molecule has 18 heavy (non-hydrogen) atoms. The molecule has 2 aromatic carbocycles. The second-order valence-corrected chi connectivity index (χ2v) is 4.68. The predicted molar refractivity (Wildman–Crippen MR) is 75.4 cm³/mol. The molecule has 0 spiro atoms. The van der Waals surface area contributed by atoms with Gasteiger partial charge >= 0.3 is 0 Å². The van der Waals surface area contributed by atoms with Crippen LogP contribution in [0, 0.1) is 25.2 Å². The highest BCUT2D eigenvalue weighted by atomic mass is 35.5. The second kappa shape index (κ2) is 5.12. The third-order valence-electron chi connectivity index (χ3n) is 2.63. The lowest BCUT2D eigenvalue weighted by Gasteiger charge is -2.10. The van der Waals surface area contributed by atoms with Crippen LogP contribution in [0.15, 0.2) is 36.4 Å². The summed E-state index contributed by atoms with van der Waals surface area (Å²) in [6.45, 7) is 4.09. The third kappa shape index (κ3) is 2.64. The first-order valence-electron chi connectivity index (χ1n) is 5.64. The van der Waals surface area contributed by atoms with Gasteiger partial charge in [0.25, 0.3) is 0 Å². The number of aryl methyl sites for hydroxylation is 2. The van der Waals surface area contributed by atoms with Crippen LogP contribution < -0.4 is 5.32 Å². The van der Waals surface area contributed by atoms with Crippen molar-refractivity contribution in [1.29, 1.82) is 5.26 Å². The molecule has 0 saturated heterocycles. The van der Waals surface area contributed by atoms with Crippen molar-refractivity contribution in [2.75, 3.05) is 5.32 Å². The van der Waals surface area contributed by atoms with Crippen LogP contribution in [0.5, 0.6) is 0 Å². The number of benzene rings is 2. The van der Waals surface area contributed by atoms with Gasteiger partial charge in [0.1, 0.15) is 6.07 Å².